The number of ether oxygens (including phenoxy) is 1. The highest BCUT2D eigenvalue weighted by atomic mass is 16.5. The fraction of sp³-hybridized carbons (Fsp3) is 0.429. The second-order valence-electron chi connectivity index (χ2n) is 4.66. The summed E-state index contributed by atoms with van der Waals surface area (Å²) in [6, 6.07) is 7.45. The van der Waals surface area contributed by atoms with Gasteiger partial charge in [-0.1, -0.05) is 32.0 Å². The Labute approximate surface area is 112 Å². The van der Waals surface area contributed by atoms with Gasteiger partial charge in [-0.3, -0.25) is 4.79 Å². The summed E-state index contributed by atoms with van der Waals surface area (Å²) in [6.45, 7) is 4.37. The number of carbonyl (C=O) groups excluding carboxylic acids is 1. The molecule has 0 aliphatic carbocycles. The minimum absolute atomic E-state index is 0.0356. The van der Waals surface area contributed by atoms with E-state index in [1.54, 1.807) is 30.3 Å². The quantitative estimate of drug-likeness (QED) is 0.784. The standard InChI is InChI=1S/C14H19NO4/c1-10(2)8-19-9-12(14(17)18)15-13(16)11-6-4-3-5-7-11/h3-7,10,12H,8-9H2,1-2H3,(H,15,16)(H,17,18). The summed E-state index contributed by atoms with van der Waals surface area (Å²) >= 11 is 0. The van der Waals surface area contributed by atoms with Crippen LogP contribution in [-0.2, 0) is 9.53 Å². The highest BCUT2D eigenvalue weighted by Crippen LogP contribution is 2.00. The Morgan fingerprint density at radius 3 is 2.37 bits per heavy atom. The molecule has 1 rings (SSSR count). The van der Waals surface area contributed by atoms with Crippen LogP contribution in [0.25, 0.3) is 0 Å². The van der Waals surface area contributed by atoms with Gasteiger partial charge < -0.3 is 15.2 Å². The van der Waals surface area contributed by atoms with Crippen LogP contribution in [0.5, 0.6) is 0 Å². The Morgan fingerprint density at radius 1 is 1.21 bits per heavy atom. The van der Waals surface area contributed by atoms with Crippen LogP contribution in [0.15, 0.2) is 30.3 Å². The van der Waals surface area contributed by atoms with Crippen LogP contribution in [0, 0.1) is 5.92 Å². The molecule has 104 valence electrons. The number of hydrogen-bond donors (Lipinski definition) is 2. The molecular weight excluding hydrogens is 246 g/mol. The first-order valence-electron chi connectivity index (χ1n) is 6.17. The molecule has 0 aromatic heterocycles. The SMILES string of the molecule is CC(C)COCC(NC(=O)c1ccccc1)C(=O)O. The molecule has 0 saturated carbocycles. The normalized spacial score (nSPS) is 12.2. The van der Waals surface area contributed by atoms with Gasteiger partial charge in [-0.05, 0) is 18.1 Å². The number of amides is 1. The van der Waals surface area contributed by atoms with Crippen molar-refractivity contribution in [3.8, 4) is 0 Å². The smallest absolute Gasteiger partial charge is 0.328 e. The van der Waals surface area contributed by atoms with E-state index >= 15 is 0 Å². The summed E-state index contributed by atoms with van der Waals surface area (Å²) in [7, 11) is 0. The number of carbonyl (C=O) groups is 2. The molecule has 0 aliphatic rings. The lowest BCUT2D eigenvalue weighted by molar-refractivity contribution is -0.141. The zero-order chi connectivity index (χ0) is 14.3. The Balaban J connectivity index is 2.54. The molecule has 1 aromatic rings. The molecule has 5 heteroatoms. The van der Waals surface area contributed by atoms with Crippen molar-refractivity contribution in [1.82, 2.24) is 5.32 Å². The fourth-order valence-corrected chi connectivity index (χ4v) is 1.43. The average Bonchev–Trinajstić information content (AvgIpc) is 2.37. The lowest BCUT2D eigenvalue weighted by atomic mass is 10.2. The molecule has 0 radical (unpaired) electrons. The lowest BCUT2D eigenvalue weighted by Gasteiger charge is -2.15. The van der Waals surface area contributed by atoms with Crippen molar-refractivity contribution in [2.75, 3.05) is 13.2 Å². The Bertz CT molecular complexity index is 417. The second-order valence-corrected chi connectivity index (χ2v) is 4.66. The Morgan fingerprint density at radius 2 is 1.84 bits per heavy atom. The number of nitrogens with one attached hydrogen (secondary N) is 1. The van der Waals surface area contributed by atoms with E-state index < -0.39 is 17.9 Å². The van der Waals surface area contributed by atoms with Gasteiger partial charge in [0, 0.05) is 12.2 Å². The van der Waals surface area contributed by atoms with Crippen molar-refractivity contribution in [1.29, 1.82) is 0 Å². The molecule has 0 aliphatic heterocycles. The molecule has 2 N–H and O–H groups in total. The van der Waals surface area contributed by atoms with Crippen molar-refractivity contribution < 1.29 is 19.4 Å². The first kappa shape index (κ1) is 15.2. The van der Waals surface area contributed by atoms with Crippen LogP contribution in [0.2, 0.25) is 0 Å². The van der Waals surface area contributed by atoms with Gasteiger partial charge in [-0.15, -0.1) is 0 Å². The van der Waals surface area contributed by atoms with E-state index in [2.05, 4.69) is 5.32 Å². The van der Waals surface area contributed by atoms with E-state index in [0.29, 0.717) is 18.1 Å². The molecule has 1 amide bonds. The predicted molar refractivity (Wildman–Crippen MR) is 71.0 cm³/mol. The number of carboxylic acid groups (broad SMARTS) is 1. The fourth-order valence-electron chi connectivity index (χ4n) is 1.43. The van der Waals surface area contributed by atoms with E-state index in [-0.39, 0.29) is 6.61 Å². The van der Waals surface area contributed by atoms with E-state index in [1.807, 2.05) is 13.8 Å². The van der Waals surface area contributed by atoms with Gasteiger partial charge in [0.2, 0.25) is 0 Å². The number of rotatable bonds is 7. The summed E-state index contributed by atoms with van der Waals surface area (Å²) < 4.78 is 5.26. The van der Waals surface area contributed by atoms with E-state index in [1.165, 1.54) is 0 Å². The Kier molecular flexibility index (Phi) is 6.02. The summed E-state index contributed by atoms with van der Waals surface area (Å²) in [5, 5.41) is 11.5. The van der Waals surface area contributed by atoms with Gasteiger partial charge >= 0.3 is 5.97 Å². The van der Waals surface area contributed by atoms with E-state index in [0.717, 1.165) is 0 Å². The predicted octanol–water partition coefficient (Wildman–Crippen LogP) is 1.54. The summed E-state index contributed by atoms with van der Waals surface area (Å²) in [5.41, 5.74) is 0.428. The van der Waals surface area contributed by atoms with Crippen LogP contribution in [-0.4, -0.2) is 36.2 Å². The summed E-state index contributed by atoms with van der Waals surface area (Å²) in [4.78, 5) is 22.9. The van der Waals surface area contributed by atoms with Crippen LogP contribution in [0.3, 0.4) is 0 Å². The molecule has 0 fully saturated rings. The topological polar surface area (TPSA) is 75.6 Å². The van der Waals surface area contributed by atoms with E-state index in [4.69, 9.17) is 9.84 Å². The van der Waals surface area contributed by atoms with Gasteiger partial charge in [-0.25, -0.2) is 4.79 Å². The van der Waals surface area contributed by atoms with Crippen molar-refractivity contribution in [2.45, 2.75) is 19.9 Å². The third kappa shape index (κ3) is 5.52. The van der Waals surface area contributed by atoms with Gasteiger partial charge in [0.15, 0.2) is 6.04 Å². The minimum Gasteiger partial charge on any atom is -0.480 e. The third-order valence-corrected chi connectivity index (χ3v) is 2.38. The first-order chi connectivity index (χ1) is 9.00. The van der Waals surface area contributed by atoms with Crippen molar-refractivity contribution >= 4 is 11.9 Å². The average molecular weight is 265 g/mol. The first-order valence-corrected chi connectivity index (χ1v) is 6.17. The van der Waals surface area contributed by atoms with Gasteiger partial charge in [-0.2, -0.15) is 0 Å². The molecule has 0 spiro atoms. The van der Waals surface area contributed by atoms with Crippen LogP contribution in [0.4, 0.5) is 0 Å². The van der Waals surface area contributed by atoms with Crippen LogP contribution in [0.1, 0.15) is 24.2 Å². The van der Waals surface area contributed by atoms with E-state index in [9.17, 15) is 9.59 Å². The zero-order valence-corrected chi connectivity index (χ0v) is 11.1. The summed E-state index contributed by atoms with van der Waals surface area (Å²) in [5.74, 6) is -1.20. The molecule has 19 heavy (non-hydrogen) atoms. The monoisotopic (exact) mass is 265 g/mol. The summed E-state index contributed by atoms with van der Waals surface area (Å²) in [6.07, 6.45) is 0. The number of carboxylic acids is 1. The highest BCUT2D eigenvalue weighted by molar-refractivity contribution is 5.96. The molecular formula is C14H19NO4. The maximum atomic E-state index is 11.8. The molecule has 5 nitrogen and oxygen atoms in total. The molecule has 0 saturated heterocycles. The molecule has 1 atom stereocenters. The molecule has 1 unspecified atom stereocenters. The zero-order valence-electron chi connectivity index (χ0n) is 11.1. The van der Waals surface area contributed by atoms with Crippen molar-refractivity contribution in [2.24, 2.45) is 5.92 Å². The van der Waals surface area contributed by atoms with Gasteiger partial charge in [0.25, 0.3) is 5.91 Å². The van der Waals surface area contributed by atoms with Gasteiger partial charge in [0.05, 0.1) is 6.61 Å². The van der Waals surface area contributed by atoms with Crippen LogP contribution < -0.4 is 5.32 Å². The van der Waals surface area contributed by atoms with Gasteiger partial charge in [0.1, 0.15) is 0 Å². The number of aliphatic carboxylic acids is 1. The van der Waals surface area contributed by atoms with Crippen LogP contribution >= 0.6 is 0 Å². The maximum Gasteiger partial charge on any atom is 0.328 e. The number of benzene rings is 1. The maximum absolute atomic E-state index is 11.8. The molecule has 0 bridgehead atoms. The minimum atomic E-state index is -1.10. The lowest BCUT2D eigenvalue weighted by Crippen LogP contribution is -2.44. The molecule has 1 aromatic carbocycles. The largest absolute Gasteiger partial charge is 0.480 e. The third-order valence-electron chi connectivity index (χ3n) is 2.38. The Hall–Kier alpha value is -1.88. The second kappa shape index (κ2) is 7.53. The van der Waals surface area contributed by atoms with Crippen molar-refractivity contribution in [3.05, 3.63) is 35.9 Å². The van der Waals surface area contributed by atoms with Crippen molar-refractivity contribution in [3.63, 3.8) is 0 Å². The number of hydrogen-bond acceptors (Lipinski definition) is 3. The molecule has 0 heterocycles. The highest BCUT2D eigenvalue weighted by Gasteiger charge is 2.20.